The molecule has 6 nitrogen and oxygen atoms in total. The van der Waals surface area contributed by atoms with Crippen LogP contribution in [0.2, 0.25) is 0 Å². The van der Waals surface area contributed by atoms with Gasteiger partial charge in [0, 0.05) is 12.1 Å². The molecule has 2 aromatic carbocycles. The van der Waals surface area contributed by atoms with Gasteiger partial charge in [-0.05, 0) is 30.2 Å². The van der Waals surface area contributed by atoms with Crippen LogP contribution in [0.4, 0.5) is 11.4 Å². The van der Waals surface area contributed by atoms with Crippen LogP contribution in [0.5, 0.6) is 0 Å². The number of anilines is 1. The van der Waals surface area contributed by atoms with Gasteiger partial charge in [-0.3, -0.25) is 19.7 Å². The molecule has 0 radical (unpaired) electrons. The third-order valence-electron chi connectivity index (χ3n) is 3.68. The molecule has 0 N–H and O–H groups in total. The van der Waals surface area contributed by atoms with E-state index in [1.165, 1.54) is 12.1 Å². The van der Waals surface area contributed by atoms with E-state index in [1.807, 2.05) is 19.1 Å². The zero-order chi connectivity index (χ0) is 15.9. The average molecular weight is 296 g/mol. The summed E-state index contributed by atoms with van der Waals surface area (Å²) < 4.78 is 0. The molecule has 0 fully saturated rings. The van der Waals surface area contributed by atoms with Gasteiger partial charge in [-0.25, -0.2) is 4.90 Å². The number of hydrogen-bond acceptors (Lipinski definition) is 4. The molecule has 0 unspecified atom stereocenters. The van der Waals surface area contributed by atoms with Gasteiger partial charge in [-0.2, -0.15) is 0 Å². The fourth-order valence-electron chi connectivity index (χ4n) is 2.46. The largest absolute Gasteiger partial charge is 0.270 e. The van der Waals surface area contributed by atoms with Crippen LogP contribution < -0.4 is 4.90 Å². The number of rotatable bonds is 3. The van der Waals surface area contributed by atoms with E-state index in [9.17, 15) is 19.7 Å². The average Bonchev–Trinajstić information content (AvgIpc) is 2.78. The van der Waals surface area contributed by atoms with Crippen LogP contribution >= 0.6 is 0 Å². The normalized spacial score (nSPS) is 13.4. The number of amides is 2. The second-order valence-corrected chi connectivity index (χ2v) is 4.95. The molecule has 1 aliphatic heterocycles. The van der Waals surface area contributed by atoms with Gasteiger partial charge >= 0.3 is 0 Å². The van der Waals surface area contributed by atoms with Gasteiger partial charge in [0.2, 0.25) is 0 Å². The third kappa shape index (κ3) is 2.05. The molecule has 2 aromatic rings. The van der Waals surface area contributed by atoms with Gasteiger partial charge in [-0.1, -0.05) is 19.1 Å². The first-order valence-electron chi connectivity index (χ1n) is 6.79. The Labute approximate surface area is 126 Å². The van der Waals surface area contributed by atoms with Crippen LogP contribution in [0.1, 0.15) is 33.2 Å². The monoisotopic (exact) mass is 296 g/mol. The molecule has 0 bridgehead atoms. The van der Waals surface area contributed by atoms with Crippen molar-refractivity contribution < 1.29 is 14.5 Å². The van der Waals surface area contributed by atoms with Gasteiger partial charge in [0.1, 0.15) is 0 Å². The first kappa shape index (κ1) is 13.9. The van der Waals surface area contributed by atoms with Crippen LogP contribution in [0.3, 0.4) is 0 Å². The number of hydrogen-bond donors (Lipinski definition) is 0. The Kier molecular flexibility index (Phi) is 3.21. The molecule has 0 aliphatic carbocycles. The predicted octanol–water partition coefficient (Wildman–Crippen LogP) is 2.96. The van der Waals surface area contributed by atoms with E-state index in [-0.39, 0.29) is 16.8 Å². The van der Waals surface area contributed by atoms with Gasteiger partial charge < -0.3 is 0 Å². The highest BCUT2D eigenvalue weighted by Gasteiger charge is 2.37. The molecule has 1 heterocycles. The van der Waals surface area contributed by atoms with E-state index >= 15 is 0 Å². The highest BCUT2D eigenvalue weighted by molar-refractivity contribution is 6.34. The van der Waals surface area contributed by atoms with Crippen LogP contribution in [0.25, 0.3) is 0 Å². The molecule has 110 valence electrons. The molecule has 6 heteroatoms. The number of carbonyl (C=O) groups is 2. The van der Waals surface area contributed by atoms with E-state index in [4.69, 9.17) is 0 Å². The summed E-state index contributed by atoms with van der Waals surface area (Å²) in [7, 11) is 0. The second kappa shape index (κ2) is 5.07. The highest BCUT2D eigenvalue weighted by atomic mass is 16.6. The Morgan fingerprint density at radius 1 is 1.00 bits per heavy atom. The number of nitrogens with zero attached hydrogens (tertiary/aromatic N) is 2. The SMILES string of the molecule is CCc1ccc(N2C(=O)c3ccc([N+](=O)[O-])cc3C2=O)cc1. The van der Waals surface area contributed by atoms with Crippen molar-refractivity contribution in [3.05, 3.63) is 69.3 Å². The molecular formula is C16H12N2O4. The van der Waals surface area contributed by atoms with Crippen molar-refractivity contribution in [2.45, 2.75) is 13.3 Å². The lowest BCUT2D eigenvalue weighted by molar-refractivity contribution is -0.384. The Hall–Kier alpha value is -3.02. The molecule has 2 amide bonds. The minimum absolute atomic E-state index is 0.0683. The molecule has 0 aromatic heterocycles. The molecule has 0 spiro atoms. The third-order valence-corrected chi connectivity index (χ3v) is 3.68. The van der Waals surface area contributed by atoms with Gasteiger partial charge in [0.15, 0.2) is 0 Å². The zero-order valence-electron chi connectivity index (χ0n) is 11.8. The predicted molar refractivity (Wildman–Crippen MR) is 80.1 cm³/mol. The number of fused-ring (bicyclic) bond motifs is 1. The summed E-state index contributed by atoms with van der Waals surface area (Å²) in [6.45, 7) is 2.01. The Bertz CT molecular complexity index is 796. The van der Waals surface area contributed by atoms with Gasteiger partial charge in [0.05, 0.1) is 21.7 Å². The number of non-ortho nitro benzene ring substituents is 1. The lowest BCUT2D eigenvalue weighted by atomic mass is 10.1. The summed E-state index contributed by atoms with van der Waals surface area (Å²) in [4.78, 5) is 36.1. The number of carbonyl (C=O) groups excluding carboxylic acids is 2. The van der Waals surface area contributed by atoms with E-state index in [0.29, 0.717) is 5.69 Å². The van der Waals surface area contributed by atoms with Crippen molar-refractivity contribution in [2.75, 3.05) is 4.90 Å². The van der Waals surface area contributed by atoms with Crippen LogP contribution in [0, 0.1) is 10.1 Å². The number of benzene rings is 2. The van der Waals surface area contributed by atoms with Crippen molar-refractivity contribution >= 4 is 23.2 Å². The first-order chi connectivity index (χ1) is 10.5. The number of nitro groups is 1. The Balaban J connectivity index is 2.03. The van der Waals surface area contributed by atoms with Crippen LogP contribution in [0.15, 0.2) is 42.5 Å². The van der Waals surface area contributed by atoms with Crippen LogP contribution in [-0.4, -0.2) is 16.7 Å². The lowest BCUT2D eigenvalue weighted by Gasteiger charge is -2.14. The first-order valence-corrected chi connectivity index (χ1v) is 6.79. The standard InChI is InChI=1S/C16H12N2O4/c1-2-10-3-5-11(6-4-10)17-15(19)13-8-7-12(18(21)22)9-14(13)16(17)20/h3-9H,2H2,1H3. The topological polar surface area (TPSA) is 80.5 Å². The minimum Gasteiger partial charge on any atom is -0.268 e. The Morgan fingerprint density at radius 2 is 1.64 bits per heavy atom. The Morgan fingerprint density at radius 3 is 2.23 bits per heavy atom. The fraction of sp³-hybridized carbons (Fsp3) is 0.125. The summed E-state index contributed by atoms with van der Waals surface area (Å²) in [5, 5.41) is 10.8. The summed E-state index contributed by atoms with van der Waals surface area (Å²) in [6.07, 6.45) is 0.856. The number of imide groups is 1. The number of aryl methyl sites for hydroxylation is 1. The zero-order valence-corrected chi connectivity index (χ0v) is 11.8. The quantitative estimate of drug-likeness (QED) is 0.495. The van der Waals surface area contributed by atoms with E-state index in [0.717, 1.165) is 23.0 Å². The molecule has 0 saturated heterocycles. The van der Waals surface area contributed by atoms with Crippen molar-refractivity contribution in [3.8, 4) is 0 Å². The van der Waals surface area contributed by atoms with Crippen LogP contribution in [-0.2, 0) is 6.42 Å². The van der Waals surface area contributed by atoms with Gasteiger partial charge in [0.25, 0.3) is 17.5 Å². The van der Waals surface area contributed by atoms with Crippen molar-refractivity contribution in [3.63, 3.8) is 0 Å². The maximum absolute atomic E-state index is 12.4. The molecule has 3 rings (SSSR count). The summed E-state index contributed by atoms with van der Waals surface area (Å²) in [6, 6.07) is 10.8. The fourth-order valence-corrected chi connectivity index (χ4v) is 2.46. The second-order valence-electron chi connectivity index (χ2n) is 4.95. The van der Waals surface area contributed by atoms with Crippen molar-refractivity contribution in [1.82, 2.24) is 0 Å². The summed E-state index contributed by atoms with van der Waals surface area (Å²) in [5.74, 6) is -0.993. The van der Waals surface area contributed by atoms with Crippen molar-refractivity contribution in [2.24, 2.45) is 0 Å². The lowest BCUT2D eigenvalue weighted by Crippen LogP contribution is -2.29. The maximum Gasteiger partial charge on any atom is 0.270 e. The van der Waals surface area contributed by atoms with E-state index in [2.05, 4.69) is 0 Å². The minimum atomic E-state index is -0.587. The van der Waals surface area contributed by atoms with Crippen molar-refractivity contribution in [1.29, 1.82) is 0 Å². The van der Waals surface area contributed by atoms with Gasteiger partial charge in [-0.15, -0.1) is 0 Å². The molecule has 1 aliphatic rings. The number of nitro benzene ring substituents is 1. The summed E-state index contributed by atoms with van der Waals surface area (Å²) in [5.41, 5.74) is 1.61. The smallest absolute Gasteiger partial charge is 0.268 e. The maximum atomic E-state index is 12.4. The van der Waals surface area contributed by atoms with E-state index < -0.39 is 16.7 Å². The molecule has 0 atom stereocenters. The summed E-state index contributed by atoms with van der Waals surface area (Å²) >= 11 is 0. The highest BCUT2D eigenvalue weighted by Crippen LogP contribution is 2.30. The molecule has 22 heavy (non-hydrogen) atoms. The molecule has 0 saturated carbocycles. The molecular weight excluding hydrogens is 284 g/mol. The van der Waals surface area contributed by atoms with E-state index in [1.54, 1.807) is 12.1 Å².